The summed E-state index contributed by atoms with van der Waals surface area (Å²) in [7, 11) is 0. The highest BCUT2D eigenvalue weighted by Gasteiger charge is 2.15. The maximum atomic E-state index is 11.8. The Labute approximate surface area is 127 Å². The lowest BCUT2D eigenvalue weighted by atomic mass is 10.0. The predicted octanol–water partition coefficient (Wildman–Crippen LogP) is 2.68. The maximum Gasteiger partial charge on any atom is 0.273 e. The lowest BCUT2D eigenvalue weighted by Gasteiger charge is -2.06. The molecule has 0 atom stereocenters. The molecular formula is C15H19N3O2S. The second kappa shape index (κ2) is 6.39. The minimum Gasteiger partial charge on any atom is -0.361 e. The van der Waals surface area contributed by atoms with Crippen molar-refractivity contribution in [1.82, 2.24) is 15.5 Å². The van der Waals surface area contributed by atoms with Crippen LogP contribution in [-0.4, -0.2) is 22.6 Å². The summed E-state index contributed by atoms with van der Waals surface area (Å²) in [6, 6.07) is 1.64. The number of thiazole rings is 1. The van der Waals surface area contributed by atoms with Crippen LogP contribution in [0.3, 0.4) is 0 Å². The number of carbonyl (C=O) groups is 1. The summed E-state index contributed by atoms with van der Waals surface area (Å²) < 4.78 is 4.89. The molecule has 0 aliphatic heterocycles. The first-order valence-electron chi connectivity index (χ1n) is 7.41. The van der Waals surface area contributed by atoms with Crippen LogP contribution in [0.15, 0.2) is 10.6 Å². The summed E-state index contributed by atoms with van der Waals surface area (Å²) in [4.78, 5) is 18.0. The molecule has 21 heavy (non-hydrogen) atoms. The molecule has 112 valence electrons. The van der Waals surface area contributed by atoms with Gasteiger partial charge in [-0.1, -0.05) is 5.16 Å². The average Bonchev–Trinajstić information content (AvgIpc) is 3.09. The van der Waals surface area contributed by atoms with Crippen molar-refractivity contribution >= 4 is 17.2 Å². The van der Waals surface area contributed by atoms with Crippen molar-refractivity contribution in [2.24, 2.45) is 0 Å². The molecule has 0 spiro atoms. The van der Waals surface area contributed by atoms with E-state index in [-0.39, 0.29) is 5.91 Å². The van der Waals surface area contributed by atoms with Gasteiger partial charge in [-0.25, -0.2) is 4.98 Å². The van der Waals surface area contributed by atoms with Crippen LogP contribution in [0.4, 0.5) is 0 Å². The van der Waals surface area contributed by atoms with Gasteiger partial charge in [-0.15, -0.1) is 11.3 Å². The molecule has 1 aliphatic carbocycles. The van der Waals surface area contributed by atoms with E-state index in [9.17, 15) is 4.79 Å². The highest BCUT2D eigenvalue weighted by atomic mass is 32.1. The van der Waals surface area contributed by atoms with Crippen molar-refractivity contribution in [1.29, 1.82) is 0 Å². The summed E-state index contributed by atoms with van der Waals surface area (Å²) in [6.07, 6.45) is 6.71. The smallest absolute Gasteiger partial charge is 0.273 e. The number of fused-ring (bicyclic) bond motifs is 1. The summed E-state index contributed by atoms with van der Waals surface area (Å²) in [5.41, 5.74) is 1.65. The summed E-state index contributed by atoms with van der Waals surface area (Å²) >= 11 is 1.84. The van der Waals surface area contributed by atoms with Gasteiger partial charge in [-0.3, -0.25) is 4.79 Å². The number of nitrogens with one attached hydrogen (secondary N) is 1. The fourth-order valence-electron chi connectivity index (χ4n) is 2.52. The summed E-state index contributed by atoms with van der Waals surface area (Å²) in [6.45, 7) is 2.41. The van der Waals surface area contributed by atoms with Gasteiger partial charge in [0.2, 0.25) is 0 Å². The molecule has 1 amide bonds. The van der Waals surface area contributed by atoms with Crippen molar-refractivity contribution < 1.29 is 9.32 Å². The molecule has 6 heteroatoms. The van der Waals surface area contributed by atoms with Gasteiger partial charge in [0.25, 0.3) is 5.91 Å². The van der Waals surface area contributed by atoms with E-state index in [1.165, 1.54) is 34.8 Å². The van der Waals surface area contributed by atoms with Gasteiger partial charge >= 0.3 is 0 Å². The Morgan fingerprint density at radius 3 is 3.05 bits per heavy atom. The number of aromatic nitrogens is 2. The quantitative estimate of drug-likeness (QED) is 0.862. The Bertz CT molecular complexity index is 609. The lowest BCUT2D eigenvalue weighted by Crippen LogP contribution is -2.25. The van der Waals surface area contributed by atoms with E-state index in [0.717, 1.165) is 19.3 Å². The fraction of sp³-hybridized carbons (Fsp3) is 0.533. The largest absolute Gasteiger partial charge is 0.361 e. The van der Waals surface area contributed by atoms with Gasteiger partial charge in [0, 0.05) is 23.9 Å². The number of amides is 1. The second-order valence-electron chi connectivity index (χ2n) is 5.37. The Balaban J connectivity index is 1.44. The number of carbonyl (C=O) groups excluding carboxylic acids is 1. The molecule has 1 aliphatic rings. The van der Waals surface area contributed by atoms with Gasteiger partial charge < -0.3 is 9.84 Å². The van der Waals surface area contributed by atoms with Crippen LogP contribution >= 0.6 is 11.3 Å². The van der Waals surface area contributed by atoms with Gasteiger partial charge in [-0.2, -0.15) is 0 Å². The van der Waals surface area contributed by atoms with Crippen LogP contribution < -0.4 is 5.32 Å². The predicted molar refractivity (Wildman–Crippen MR) is 80.7 cm³/mol. The second-order valence-corrected chi connectivity index (χ2v) is 6.54. The lowest BCUT2D eigenvalue weighted by molar-refractivity contribution is 0.0944. The third kappa shape index (κ3) is 3.50. The summed E-state index contributed by atoms with van der Waals surface area (Å²) in [5, 5.41) is 7.76. The Kier molecular flexibility index (Phi) is 4.34. The third-order valence-corrected chi connectivity index (χ3v) is 4.82. The molecule has 0 radical (unpaired) electrons. The van der Waals surface area contributed by atoms with E-state index < -0.39 is 0 Å². The molecule has 0 bridgehead atoms. The molecule has 0 aromatic carbocycles. The van der Waals surface area contributed by atoms with E-state index in [2.05, 4.69) is 10.5 Å². The maximum absolute atomic E-state index is 11.8. The van der Waals surface area contributed by atoms with Crippen molar-refractivity contribution in [3.8, 4) is 0 Å². The van der Waals surface area contributed by atoms with Crippen molar-refractivity contribution in [2.75, 3.05) is 6.54 Å². The molecule has 2 heterocycles. The van der Waals surface area contributed by atoms with Crippen LogP contribution in [0.2, 0.25) is 0 Å². The molecule has 0 saturated carbocycles. The first kappa shape index (κ1) is 14.3. The SMILES string of the molecule is Cc1cc(C(=O)NCCCc2nc3c(s2)CCCC3)no1. The van der Waals surface area contributed by atoms with E-state index in [0.29, 0.717) is 18.0 Å². The Hall–Kier alpha value is -1.69. The third-order valence-electron chi connectivity index (χ3n) is 3.60. The fourth-order valence-corrected chi connectivity index (χ4v) is 3.72. The average molecular weight is 305 g/mol. The minimum atomic E-state index is -0.176. The van der Waals surface area contributed by atoms with Crippen LogP contribution in [0.5, 0.6) is 0 Å². The van der Waals surface area contributed by atoms with E-state index in [1.54, 1.807) is 13.0 Å². The van der Waals surface area contributed by atoms with Crippen LogP contribution in [0.1, 0.15) is 51.1 Å². The Morgan fingerprint density at radius 1 is 1.43 bits per heavy atom. The number of aryl methyl sites for hydroxylation is 4. The summed E-state index contributed by atoms with van der Waals surface area (Å²) in [5.74, 6) is 0.471. The number of hydrogen-bond acceptors (Lipinski definition) is 5. The van der Waals surface area contributed by atoms with Crippen LogP contribution in [0.25, 0.3) is 0 Å². The van der Waals surface area contributed by atoms with Gasteiger partial charge in [-0.05, 0) is 39.0 Å². The van der Waals surface area contributed by atoms with Crippen LogP contribution in [-0.2, 0) is 19.3 Å². The molecule has 5 nitrogen and oxygen atoms in total. The van der Waals surface area contributed by atoms with Crippen molar-refractivity contribution in [2.45, 2.75) is 45.4 Å². The molecule has 0 fully saturated rings. The van der Waals surface area contributed by atoms with Gasteiger partial charge in [0.15, 0.2) is 5.69 Å². The molecule has 0 saturated heterocycles. The highest BCUT2D eigenvalue weighted by molar-refractivity contribution is 7.11. The topological polar surface area (TPSA) is 68.0 Å². The number of nitrogens with zero attached hydrogens (tertiary/aromatic N) is 2. The minimum absolute atomic E-state index is 0.176. The monoisotopic (exact) mass is 305 g/mol. The first-order valence-corrected chi connectivity index (χ1v) is 8.23. The molecule has 3 rings (SSSR count). The normalized spacial score (nSPS) is 14.0. The first-order chi connectivity index (χ1) is 10.2. The van der Waals surface area contributed by atoms with Gasteiger partial charge in [0.05, 0.1) is 10.7 Å². The molecule has 0 unspecified atom stereocenters. The Morgan fingerprint density at radius 2 is 2.29 bits per heavy atom. The van der Waals surface area contributed by atoms with E-state index in [4.69, 9.17) is 9.51 Å². The van der Waals surface area contributed by atoms with Crippen LogP contribution in [0, 0.1) is 6.92 Å². The van der Waals surface area contributed by atoms with E-state index >= 15 is 0 Å². The molecular weight excluding hydrogens is 286 g/mol. The standard InChI is InChI=1S/C15H19N3O2S/c1-10-9-12(18-20-10)15(19)16-8-4-7-14-17-11-5-2-3-6-13(11)21-14/h9H,2-8H2,1H3,(H,16,19). The molecule has 2 aromatic heterocycles. The number of rotatable bonds is 5. The van der Waals surface area contributed by atoms with Gasteiger partial charge in [0.1, 0.15) is 5.76 Å². The molecule has 1 N–H and O–H groups in total. The zero-order chi connectivity index (χ0) is 14.7. The molecule has 2 aromatic rings. The number of hydrogen-bond donors (Lipinski definition) is 1. The zero-order valence-corrected chi connectivity index (χ0v) is 13.0. The van der Waals surface area contributed by atoms with Crippen molar-refractivity contribution in [3.05, 3.63) is 33.1 Å². The van der Waals surface area contributed by atoms with Crippen molar-refractivity contribution in [3.63, 3.8) is 0 Å². The highest BCUT2D eigenvalue weighted by Crippen LogP contribution is 2.27. The van der Waals surface area contributed by atoms with E-state index in [1.807, 2.05) is 11.3 Å². The zero-order valence-electron chi connectivity index (χ0n) is 12.1.